The Morgan fingerprint density at radius 1 is 1.12 bits per heavy atom. The van der Waals surface area contributed by atoms with E-state index in [0.717, 1.165) is 25.7 Å². The van der Waals surface area contributed by atoms with E-state index in [1.54, 1.807) is 0 Å². The molecule has 2 bridgehead atoms. The van der Waals surface area contributed by atoms with Gasteiger partial charge in [0.25, 0.3) is 5.91 Å². The van der Waals surface area contributed by atoms with Crippen LogP contribution < -0.4 is 30.3 Å². The molecule has 3 N–H and O–H groups in total. The Hall–Kier alpha value is -2.66. The molecule has 6 rings (SSSR count). The van der Waals surface area contributed by atoms with Crippen LogP contribution >= 0.6 is 0 Å². The van der Waals surface area contributed by atoms with Crippen molar-refractivity contribution in [3.63, 3.8) is 0 Å². The van der Waals surface area contributed by atoms with E-state index < -0.39 is 6.29 Å². The van der Waals surface area contributed by atoms with Gasteiger partial charge in [0, 0.05) is 31.2 Å². The second-order valence-corrected chi connectivity index (χ2v) is 9.68. The van der Waals surface area contributed by atoms with Crippen LogP contribution in [0.1, 0.15) is 39.0 Å². The van der Waals surface area contributed by atoms with Gasteiger partial charge in [0.2, 0.25) is 5.91 Å². The minimum absolute atomic E-state index is 0.0306. The van der Waals surface area contributed by atoms with Gasteiger partial charge < -0.3 is 24.8 Å². The Bertz CT molecular complexity index is 957. The van der Waals surface area contributed by atoms with Crippen molar-refractivity contribution >= 4 is 11.8 Å². The molecule has 1 saturated heterocycles. The molecular weight excluding hydrogens is 450 g/mol. The molecule has 4 unspecified atom stereocenters. The van der Waals surface area contributed by atoms with Gasteiger partial charge in [-0.05, 0) is 56.1 Å². The summed E-state index contributed by atoms with van der Waals surface area (Å²) in [5.41, 5.74) is 3.32. The number of fused-ring (bicyclic) bond motifs is 3. The van der Waals surface area contributed by atoms with Gasteiger partial charge in [0.1, 0.15) is 11.8 Å². The number of ether oxygens (including phenoxy) is 3. The minimum atomic E-state index is -3.70. The van der Waals surface area contributed by atoms with Gasteiger partial charge in [0.05, 0.1) is 0 Å². The number of carbonyl (C=O) groups is 2. The number of hydrogen-bond acceptors (Lipinski definition) is 7. The van der Waals surface area contributed by atoms with Crippen molar-refractivity contribution in [3.8, 4) is 17.2 Å². The number of hydrogen-bond donors (Lipinski definition) is 3. The third-order valence-electron chi connectivity index (χ3n) is 7.43. The largest absolute Gasteiger partial charge is 0.586 e. The second kappa shape index (κ2) is 8.84. The van der Waals surface area contributed by atoms with E-state index in [9.17, 15) is 18.4 Å². The Morgan fingerprint density at radius 2 is 1.82 bits per heavy atom. The van der Waals surface area contributed by atoms with Gasteiger partial charge in [0.15, 0.2) is 18.1 Å². The maximum absolute atomic E-state index is 13.2. The molecule has 0 radical (unpaired) electrons. The van der Waals surface area contributed by atoms with Crippen LogP contribution in [0.15, 0.2) is 18.2 Å². The second-order valence-electron chi connectivity index (χ2n) is 9.68. The predicted molar refractivity (Wildman–Crippen MR) is 116 cm³/mol. The standard InChI is InChI=1S/C23H30F2N4O5/c1-3-14-8-18(29(2)28-14)22(31)27-17-10-16(12-6-13(17)7-12)26-21(30)11-32-15-4-5-19-20(9-15)34-23(24,25)33-19/h4-5,9,12-14,16-18,28H,3,6-8,10-11H2,1-2H3,(H,26,30)(H,27,31). The molecule has 2 aliphatic heterocycles. The van der Waals surface area contributed by atoms with Crippen LogP contribution in [-0.2, 0) is 9.59 Å². The van der Waals surface area contributed by atoms with Crippen molar-refractivity contribution in [1.29, 1.82) is 0 Å². The van der Waals surface area contributed by atoms with Gasteiger partial charge in [-0.15, -0.1) is 8.78 Å². The highest BCUT2D eigenvalue weighted by Gasteiger charge is 2.48. The number of likely N-dealkylation sites (N-methyl/N-ethyl adjacent to an activating group) is 1. The van der Waals surface area contributed by atoms with E-state index in [1.165, 1.54) is 18.2 Å². The number of hydrazine groups is 1. The molecule has 34 heavy (non-hydrogen) atoms. The molecular formula is C23H30F2N4O5. The summed E-state index contributed by atoms with van der Waals surface area (Å²) in [6.07, 6.45) is 0.692. The van der Waals surface area contributed by atoms with Crippen LogP contribution in [0.4, 0.5) is 8.78 Å². The Labute approximate surface area is 196 Å². The zero-order valence-electron chi connectivity index (χ0n) is 19.2. The summed E-state index contributed by atoms with van der Waals surface area (Å²) in [6.45, 7) is 1.85. The van der Waals surface area contributed by atoms with Crippen molar-refractivity contribution in [1.82, 2.24) is 21.1 Å². The van der Waals surface area contributed by atoms with Gasteiger partial charge in [-0.1, -0.05) is 6.92 Å². The summed E-state index contributed by atoms with van der Waals surface area (Å²) in [4.78, 5) is 25.4. The molecule has 186 valence electrons. The highest BCUT2D eigenvalue weighted by molar-refractivity contribution is 5.82. The number of carbonyl (C=O) groups excluding carboxylic acids is 2. The lowest BCUT2D eigenvalue weighted by atomic mass is 9.60. The molecule has 0 aromatic heterocycles. The Balaban J connectivity index is 1.11. The molecule has 1 aromatic carbocycles. The molecule has 1 aromatic rings. The van der Waals surface area contributed by atoms with Crippen molar-refractivity contribution < 1.29 is 32.6 Å². The molecule has 4 fully saturated rings. The molecule has 9 nitrogen and oxygen atoms in total. The number of halogens is 2. The molecule has 0 spiro atoms. The summed E-state index contributed by atoms with van der Waals surface area (Å²) in [5, 5.41) is 8.14. The molecule has 5 aliphatic rings. The van der Waals surface area contributed by atoms with Crippen LogP contribution in [0.2, 0.25) is 0 Å². The number of benzene rings is 1. The Kier molecular flexibility index (Phi) is 6.01. The summed E-state index contributed by atoms with van der Waals surface area (Å²) in [7, 11) is 1.90. The number of alkyl halides is 2. The minimum Gasteiger partial charge on any atom is -0.484 e. The highest BCUT2D eigenvalue weighted by atomic mass is 19.3. The summed E-state index contributed by atoms with van der Waals surface area (Å²) in [6, 6.07) is 4.14. The monoisotopic (exact) mass is 480 g/mol. The number of nitrogens with zero attached hydrogens (tertiary/aromatic N) is 1. The van der Waals surface area contributed by atoms with E-state index in [1.807, 2.05) is 12.1 Å². The first-order valence-corrected chi connectivity index (χ1v) is 11.8. The lowest BCUT2D eigenvalue weighted by Crippen LogP contribution is -2.61. The SMILES string of the molecule is CCC1CC(C(=O)NC2CC(NC(=O)COc3ccc4c(c3)OC(F)(F)O4)C3CC2C3)N(C)N1. The normalized spacial score (nSPS) is 33.2. The molecule has 3 aliphatic carbocycles. The third kappa shape index (κ3) is 4.63. The van der Waals surface area contributed by atoms with Gasteiger partial charge in [-0.3, -0.25) is 15.0 Å². The lowest BCUT2D eigenvalue weighted by Gasteiger charge is -2.51. The van der Waals surface area contributed by atoms with Crippen molar-refractivity contribution in [3.05, 3.63) is 18.2 Å². The Morgan fingerprint density at radius 3 is 2.53 bits per heavy atom. The first-order chi connectivity index (χ1) is 16.2. The van der Waals surface area contributed by atoms with Gasteiger partial charge in [-0.25, -0.2) is 5.01 Å². The number of nitrogens with one attached hydrogen (secondary N) is 3. The van der Waals surface area contributed by atoms with Crippen LogP contribution in [0.5, 0.6) is 17.2 Å². The lowest BCUT2D eigenvalue weighted by molar-refractivity contribution is -0.286. The van der Waals surface area contributed by atoms with E-state index >= 15 is 0 Å². The summed E-state index contributed by atoms with van der Waals surface area (Å²) in [5.74, 6) is 0.593. The summed E-state index contributed by atoms with van der Waals surface area (Å²) < 4.78 is 40.5. The quantitative estimate of drug-likeness (QED) is 0.547. The van der Waals surface area contributed by atoms with E-state index in [4.69, 9.17) is 4.74 Å². The zero-order chi connectivity index (χ0) is 24.0. The first-order valence-electron chi connectivity index (χ1n) is 11.8. The average molecular weight is 481 g/mol. The molecule has 2 amide bonds. The van der Waals surface area contributed by atoms with Gasteiger partial charge >= 0.3 is 6.29 Å². The smallest absolute Gasteiger partial charge is 0.484 e. The first kappa shape index (κ1) is 23.1. The van der Waals surface area contributed by atoms with Crippen molar-refractivity contribution in [2.75, 3.05) is 13.7 Å². The van der Waals surface area contributed by atoms with Crippen LogP contribution in [0.25, 0.3) is 0 Å². The van der Waals surface area contributed by atoms with Crippen molar-refractivity contribution in [2.24, 2.45) is 11.8 Å². The van der Waals surface area contributed by atoms with E-state index in [-0.39, 0.29) is 53.8 Å². The van der Waals surface area contributed by atoms with Crippen molar-refractivity contribution in [2.45, 2.75) is 69.5 Å². The molecule has 4 atom stereocenters. The zero-order valence-corrected chi connectivity index (χ0v) is 19.2. The fourth-order valence-corrected chi connectivity index (χ4v) is 5.47. The molecule has 11 heteroatoms. The molecule has 2 heterocycles. The van der Waals surface area contributed by atoms with Gasteiger partial charge in [-0.2, -0.15) is 0 Å². The highest BCUT2D eigenvalue weighted by Crippen LogP contribution is 2.46. The predicted octanol–water partition coefficient (Wildman–Crippen LogP) is 1.77. The maximum atomic E-state index is 13.2. The van der Waals surface area contributed by atoms with Crippen LogP contribution in [0, 0.1) is 11.8 Å². The van der Waals surface area contributed by atoms with E-state index in [0.29, 0.717) is 24.3 Å². The molecule has 3 saturated carbocycles. The topological polar surface area (TPSA) is 101 Å². The fourth-order valence-electron chi connectivity index (χ4n) is 5.47. The van der Waals surface area contributed by atoms with E-state index in [2.05, 4.69) is 32.5 Å². The van der Waals surface area contributed by atoms with Crippen LogP contribution in [0.3, 0.4) is 0 Å². The van der Waals surface area contributed by atoms with Crippen LogP contribution in [-0.4, -0.2) is 60.9 Å². The fraction of sp³-hybridized carbons (Fsp3) is 0.652. The maximum Gasteiger partial charge on any atom is 0.586 e. The third-order valence-corrected chi connectivity index (χ3v) is 7.43. The summed E-state index contributed by atoms with van der Waals surface area (Å²) >= 11 is 0. The number of amides is 2. The average Bonchev–Trinajstić information content (AvgIpc) is 3.28. The number of rotatable bonds is 7.